The number of hydrogen-bond donors (Lipinski definition) is 2. The van der Waals surface area contributed by atoms with Crippen LogP contribution in [0.1, 0.15) is 36.8 Å². The van der Waals surface area contributed by atoms with Gasteiger partial charge in [-0.05, 0) is 61.9 Å². The van der Waals surface area contributed by atoms with Crippen molar-refractivity contribution in [3.8, 4) is 0 Å². The molecule has 3 rings (SSSR count). The van der Waals surface area contributed by atoms with Gasteiger partial charge in [0.25, 0.3) is 0 Å². The van der Waals surface area contributed by atoms with E-state index in [0.29, 0.717) is 6.54 Å². The first-order chi connectivity index (χ1) is 12.6. The largest absolute Gasteiger partial charge is 0.352 e. The van der Waals surface area contributed by atoms with Crippen LogP contribution in [-0.2, 0) is 16.1 Å². The van der Waals surface area contributed by atoms with E-state index in [-0.39, 0.29) is 23.7 Å². The van der Waals surface area contributed by atoms with Gasteiger partial charge in [0.1, 0.15) is 0 Å². The van der Waals surface area contributed by atoms with Gasteiger partial charge < -0.3 is 10.6 Å². The topological polar surface area (TPSA) is 71.1 Å². The minimum absolute atomic E-state index is 0.000603. The third kappa shape index (κ3) is 4.69. The van der Waals surface area contributed by atoms with Crippen LogP contribution >= 0.6 is 0 Å². The minimum atomic E-state index is -0.0150. The van der Waals surface area contributed by atoms with Gasteiger partial charge in [0, 0.05) is 36.5 Å². The normalized spacial score (nSPS) is 19.6. The number of benzene rings is 1. The summed E-state index contributed by atoms with van der Waals surface area (Å²) in [6, 6.07) is 11.6. The SMILES string of the molecule is Cc1ccccc1NC(=O)C1CCC(C(=O)NCc2ccncc2)CC1. The lowest BCUT2D eigenvalue weighted by Gasteiger charge is -2.27. The summed E-state index contributed by atoms with van der Waals surface area (Å²) in [5, 5.41) is 6.02. The molecule has 0 spiro atoms. The van der Waals surface area contributed by atoms with Crippen LogP contribution in [0.25, 0.3) is 0 Å². The van der Waals surface area contributed by atoms with Crippen LogP contribution in [-0.4, -0.2) is 16.8 Å². The molecule has 1 aromatic carbocycles. The Labute approximate surface area is 154 Å². The molecule has 26 heavy (non-hydrogen) atoms. The van der Waals surface area contributed by atoms with Gasteiger partial charge in [-0.3, -0.25) is 14.6 Å². The van der Waals surface area contributed by atoms with Crippen molar-refractivity contribution >= 4 is 17.5 Å². The zero-order chi connectivity index (χ0) is 18.4. The molecule has 5 nitrogen and oxygen atoms in total. The average Bonchev–Trinajstić information content (AvgIpc) is 2.69. The number of nitrogens with zero attached hydrogens (tertiary/aromatic N) is 1. The molecule has 2 N–H and O–H groups in total. The second kappa shape index (κ2) is 8.61. The zero-order valence-electron chi connectivity index (χ0n) is 15.1. The third-order valence-electron chi connectivity index (χ3n) is 5.09. The van der Waals surface area contributed by atoms with E-state index in [1.165, 1.54) is 0 Å². The van der Waals surface area contributed by atoms with Crippen molar-refractivity contribution in [3.05, 3.63) is 59.9 Å². The van der Waals surface area contributed by atoms with Crippen molar-refractivity contribution in [2.75, 3.05) is 5.32 Å². The number of aryl methyl sites for hydroxylation is 1. The second-order valence-electron chi connectivity index (χ2n) is 6.93. The number of nitrogens with one attached hydrogen (secondary N) is 2. The van der Waals surface area contributed by atoms with Gasteiger partial charge in [0.2, 0.25) is 11.8 Å². The highest BCUT2D eigenvalue weighted by Crippen LogP contribution is 2.30. The number of carbonyl (C=O) groups excluding carboxylic acids is 2. The first-order valence-corrected chi connectivity index (χ1v) is 9.16. The number of anilines is 1. The van der Waals surface area contributed by atoms with Crippen LogP contribution < -0.4 is 10.6 Å². The predicted octanol–water partition coefficient (Wildman–Crippen LogP) is 3.45. The van der Waals surface area contributed by atoms with Crippen molar-refractivity contribution in [1.82, 2.24) is 10.3 Å². The molecule has 0 aliphatic heterocycles. The lowest BCUT2D eigenvalue weighted by atomic mass is 9.81. The summed E-state index contributed by atoms with van der Waals surface area (Å²) in [5.74, 6) is 0.132. The van der Waals surface area contributed by atoms with E-state index in [1.807, 2.05) is 43.3 Å². The number of aromatic nitrogens is 1. The van der Waals surface area contributed by atoms with E-state index in [0.717, 1.165) is 42.5 Å². The maximum Gasteiger partial charge on any atom is 0.227 e. The molecule has 1 aliphatic carbocycles. The number of rotatable bonds is 5. The second-order valence-corrected chi connectivity index (χ2v) is 6.93. The summed E-state index contributed by atoms with van der Waals surface area (Å²) in [4.78, 5) is 28.8. The summed E-state index contributed by atoms with van der Waals surface area (Å²) in [6.45, 7) is 2.51. The molecule has 1 aliphatic rings. The molecule has 0 unspecified atom stereocenters. The highest BCUT2D eigenvalue weighted by atomic mass is 16.2. The predicted molar refractivity (Wildman–Crippen MR) is 101 cm³/mol. The van der Waals surface area contributed by atoms with Crippen molar-refractivity contribution in [1.29, 1.82) is 0 Å². The smallest absolute Gasteiger partial charge is 0.227 e. The first kappa shape index (κ1) is 18.1. The molecule has 2 amide bonds. The number of para-hydroxylation sites is 1. The Morgan fingerprint density at radius 1 is 0.962 bits per heavy atom. The van der Waals surface area contributed by atoms with Gasteiger partial charge in [-0.1, -0.05) is 18.2 Å². The van der Waals surface area contributed by atoms with E-state index in [1.54, 1.807) is 12.4 Å². The summed E-state index contributed by atoms with van der Waals surface area (Å²) in [7, 11) is 0. The van der Waals surface area contributed by atoms with Gasteiger partial charge in [-0.25, -0.2) is 0 Å². The Bertz CT molecular complexity index is 753. The van der Waals surface area contributed by atoms with Crippen molar-refractivity contribution in [2.24, 2.45) is 11.8 Å². The lowest BCUT2D eigenvalue weighted by Crippen LogP contribution is -2.35. The summed E-state index contributed by atoms with van der Waals surface area (Å²) in [5.41, 5.74) is 2.97. The standard InChI is InChI=1S/C21H25N3O2/c1-15-4-2-3-5-19(15)24-21(26)18-8-6-17(7-9-18)20(25)23-14-16-10-12-22-13-11-16/h2-5,10-13,17-18H,6-9,14H2,1H3,(H,23,25)(H,24,26). The van der Waals surface area contributed by atoms with Gasteiger partial charge in [-0.2, -0.15) is 0 Å². The molecule has 5 heteroatoms. The molecule has 0 saturated heterocycles. The molecular formula is C21H25N3O2. The summed E-state index contributed by atoms with van der Waals surface area (Å²) < 4.78 is 0. The monoisotopic (exact) mass is 351 g/mol. The summed E-state index contributed by atoms with van der Waals surface area (Å²) >= 11 is 0. The number of hydrogen-bond acceptors (Lipinski definition) is 3. The van der Waals surface area contributed by atoms with Crippen LogP contribution in [0.3, 0.4) is 0 Å². The van der Waals surface area contributed by atoms with Gasteiger partial charge >= 0.3 is 0 Å². The van der Waals surface area contributed by atoms with Crippen LogP contribution in [0, 0.1) is 18.8 Å². The molecule has 1 saturated carbocycles. The average molecular weight is 351 g/mol. The van der Waals surface area contributed by atoms with Crippen molar-refractivity contribution < 1.29 is 9.59 Å². The molecule has 0 bridgehead atoms. The van der Waals surface area contributed by atoms with Crippen LogP contribution in [0.15, 0.2) is 48.8 Å². The Balaban J connectivity index is 1.45. The number of carbonyl (C=O) groups is 2. The highest BCUT2D eigenvalue weighted by molar-refractivity contribution is 5.93. The maximum absolute atomic E-state index is 12.5. The van der Waals surface area contributed by atoms with Gasteiger partial charge in [0.15, 0.2) is 0 Å². The molecule has 1 aromatic heterocycles. The van der Waals surface area contributed by atoms with E-state index in [4.69, 9.17) is 0 Å². The van der Waals surface area contributed by atoms with E-state index < -0.39 is 0 Å². The molecule has 136 valence electrons. The Morgan fingerprint density at radius 2 is 1.58 bits per heavy atom. The Kier molecular flexibility index (Phi) is 6.00. The van der Waals surface area contributed by atoms with Crippen molar-refractivity contribution in [3.63, 3.8) is 0 Å². The molecule has 1 fully saturated rings. The van der Waals surface area contributed by atoms with E-state index in [9.17, 15) is 9.59 Å². The maximum atomic E-state index is 12.5. The molecular weight excluding hydrogens is 326 g/mol. The molecule has 0 radical (unpaired) electrons. The fraction of sp³-hybridized carbons (Fsp3) is 0.381. The van der Waals surface area contributed by atoms with Crippen LogP contribution in [0.5, 0.6) is 0 Å². The van der Waals surface area contributed by atoms with E-state index in [2.05, 4.69) is 15.6 Å². The number of pyridine rings is 1. The minimum Gasteiger partial charge on any atom is -0.352 e. The fourth-order valence-corrected chi connectivity index (χ4v) is 3.40. The Hall–Kier alpha value is -2.69. The molecule has 2 aromatic rings. The highest BCUT2D eigenvalue weighted by Gasteiger charge is 2.29. The first-order valence-electron chi connectivity index (χ1n) is 9.16. The van der Waals surface area contributed by atoms with Crippen LogP contribution in [0.4, 0.5) is 5.69 Å². The molecule has 1 heterocycles. The fourth-order valence-electron chi connectivity index (χ4n) is 3.40. The molecule has 0 atom stereocenters. The van der Waals surface area contributed by atoms with Crippen LogP contribution in [0.2, 0.25) is 0 Å². The zero-order valence-corrected chi connectivity index (χ0v) is 15.1. The van der Waals surface area contributed by atoms with Crippen molar-refractivity contribution in [2.45, 2.75) is 39.2 Å². The lowest BCUT2D eigenvalue weighted by molar-refractivity contribution is -0.128. The van der Waals surface area contributed by atoms with Gasteiger partial charge in [0.05, 0.1) is 0 Å². The summed E-state index contributed by atoms with van der Waals surface area (Å²) in [6.07, 6.45) is 6.47. The Morgan fingerprint density at radius 3 is 2.23 bits per heavy atom. The quantitative estimate of drug-likeness (QED) is 0.867. The number of amides is 2. The third-order valence-corrected chi connectivity index (χ3v) is 5.09. The van der Waals surface area contributed by atoms with Gasteiger partial charge in [-0.15, -0.1) is 0 Å². The van der Waals surface area contributed by atoms with E-state index >= 15 is 0 Å².